The van der Waals surface area contributed by atoms with Crippen molar-refractivity contribution < 1.29 is 0 Å². The summed E-state index contributed by atoms with van der Waals surface area (Å²) < 4.78 is 0. The van der Waals surface area contributed by atoms with Gasteiger partial charge in [-0.1, -0.05) is 27.2 Å². The Balaban J connectivity index is 1.98. The van der Waals surface area contributed by atoms with Gasteiger partial charge in [-0.15, -0.1) is 0 Å². The highest BCUT2D eigenvalue weighted by molar-refractivity contribution is 5.00. The fourth-order valence-corrected chi connectivity index (χ4v) is 3.85. The number of hydrogen-bond donors (Lipinski definition) is 1. The van der Waals surface area contributed by atoms with Crippen molar-refractivity contribution in [3.05, 3.63) is 0 Å². The number of likely N-dealkylation sites (N-methyl/N-ethyl adjacent to an activating group) is 2. The van der Waals surface area contributed by atoms with Crippen LogP contribution in [-0.2, 0) is 0 Å². The molecule has 17 heavy (non-hydrogen) atoms. The first-order valence-corrected chi connectivity index (χ1v) is 7.49. The predicted molar refractivity (Wildman–Crippen MR) is 74.2 cm³/mol. The van der Waals surface area contributed by atoms with Crippen LogP contribution in [0.25, 0.3) is 0 Å². The maximum atomic E-state index is 3.59. The maximum absolute atomic E-state index is 3.59. The predicted octanol–water partition coefficient (Wildman–Crippen LogP) is 2.89. The highest BCUT2D eigenvalue weighted by atomic mass is 15.2. The molecule has 2 saturated carbocycles. The van der Waals surface area contributed by atoms with Gasteiger partial charge in [0.1, 0.15) is 0 Å². The SMILES string of the molecule is CCN(CC1CCC1)C1CCC(C)(C)C1NC. The summed E-state index contributed by atoms with van der Waals surface area (Å²) in [4.78, 5) is 2.75. The van der Waals surface area contributed by atoms with Crippen LogP contribution < -0.4 is 5.32 Å². The van der Waals surface area contributed by atoms with Gasteiger partial charge in [-0.3, -0.25) is 4.90 Å². The van der Waals surface area contributed by atoms with E-state index in [1.165, 1.54) is 45.2 Å². The van der Waals surface area contributed by atoms with Gasteiger partial charge < -0.3 is 5.32 Å². The van der Waals surface area contributed by atoms with Gasteiger partial charge in [-0.05, 0) is 50.6 Å². The van der Waals surface area contributed by atoms with Crippen LogP contribution in [0.15, 0.2) is 0 Å². The lowest BCUT2D eigenvalue weighted by atomic mass is 9.83. The number of nitrogens with one attached hydrogen (secondary N) is 1. The Morgan fingerprint density at radius 2 is 1.94 bits per heavy atom. The van der Waals surface area contributed by atoms with Gasteiger partial charge in [0, 0.05) is 18.6 Å². The second-order valence-corrected chi connectivity index (χ2v) is 6.75. The first-order chi connectivity index (χ1) is 8.08. The molecule has 0 heterocycles. The van der Waals surface area contributed by atoms with Gasteiger partial charge in [-0.2, -0.15) is 0 Å². The average Bonchev–Trinajstić information content (AvgIpc) is 2.52. The van der Waals surface area contributed by atoms with Crippen LogP contribution in [0.1, 0.15) is 52.9 Å². The highest BCUT2D eigenvalue weighted by Gasteiger charge is 2.43. The monoisotopic (exact) mass is 238 g/mol. The number of rotatable bonds is 5. The molecule has 0 amide bonds. The van der Waals surface area contributed by atoms with Crippen LogP contribution in [0.2, 0.25) is 0 Å². The summed E-state index contributed by atoms with van der Waals surface area (Å²) in [5.41, 5.74) is 0.465. The van der Waals surface area contributed by atoms with Crippen LogP contribution in [0.3, 0.4) is 0 Å². The fourth-order valence-electron chi connectivity index (χ4n) is 3.85. The molecule has 0 saturated heterocycles. The summed E-state index contributed by atoms with van der Waals surface area (Å²) in [5, 5.41) is 3.59. The smallest absolute Gasteiger partial charge is 0.0271 e. The third kappa shape index (κ3) is 2.68. The third-order valence-electron chi connectivity index (χ3n) is 5.21. The van der Waals surface area contributed by atoms with Crippen molar-refractivity contribution in [3.63, 3.8) is 0 Å². The molecule has 0 radical (unpaired) electrons. The van der Waals surface area contributed by atoms with E-state index in [1.54, 1.807) is 0 Å². The Bertz CT molecular complexity index is 245. The molecule has 2 atom stereocenters. The molecule has 0 aromatic heterocycles. The third-order valence-corrected chi connectivity index (χ3v) is 5.21. The van der Waals surface area contributed by atoms with E-state index < -0.39 is 0 Å². The molecule has 2 rings (SSSR count). The second kappa shape index (κ2) is 5.27. The van der Waals surface area contributed by atoms with E-state index in [9.17, 15) is 0 Å². The Morgan fingerprint density at radius 3 is 2.41 bits per heavy atom. The van der Waals surface area contributed by atoms with E-state index in [-0.39, 0.29) is 0 Å². The molecule has 0 spiro atoms. The number of hydrogen-bond acceptors (Lipinski definition) is 2. The molecule has 0 aliphatic heterocycles. The summed E-state index contributed by atoms with van der Waals surface area (Å²) in [6.07, 6.45) is 7.14. The van der Waals surface area contributed by atoms with Crippen molar-refractivity contribution in [3.8, 4) is 0 Å². The van der Waals surface area contributed by atoms with Crippen LogP contribution in [-0.4, -0.2) is 37.1 Å². The average molecular weight is 238 g/mol. The summed E-state index contributed by atoms with van der Waals surface area (Å²) in [7, 11) is 2.14. The van der Waals surface area contributed by atoms with Crippen LogP contribution >= 0.6 is 0 Å². The molecule has 100 valence electrons. The summed E-state index contributed by atoms with van der Waals surface area (Å²) >= 11 is 0. The first kappa shape index (κ1) is 13.4. The van der Waals surface area contributed by atoms with E-state index in [2.05, 4.69) is 38.0 Å². The summed E-state index contributed by atoms with van der Waals surface area (Å²) in [6.45, 7) is 9.73. The van der Waals surface area contributed by atoms with Crippen LogP contribution in [0.5, 0.6) is 0 Å². The van der Waals surface area contributed by atoms with E-state index in [4.69, 9.17) is 0 Å². The molecule has 2 nitrogen and oxygen atoms in total. The number of nitrogens with zero attached hydrogens (tertiary/aromatic N) is 1. The molecular formula is C15H30N2. The zero-order chi connectivity index (χ0) is 12.5. The van der Waals surface area contributed by atoms with Gasteiger partial charge in [0.2, 0.25) is 0 Å². The normalized spacial score (nSPS) is 33.0. The summed E-state index contributed by atoms with van der Waals surface area (Å²) in [6, 6.07) is 1.43. The lowest BCUT2D eigenvalue weighted by Crippen LogP contribution is -2.52. The van der Waals surface area contributed by atoms with Crippen molar-refractivity contribution in [2.45, 2.75) is 65.0 Å². The Kier molecular flexibility index (Phi) is 4.14. The molecule has 2 unspecified atom stereocenters. The molecule has 2 aliphatic carbocycles. The minimum absolute atomic E-state index is 0.465. The van der Waals surface area contributed by atoms with Gasteiger partial charge in [0.25, 0.3) is 0 Å². The summed E-state index contributed by atoms with van der Waals surface area (Å²) in [5.74, 6) is 0.996. The van der Waals surface area contributed by atoms with E-state index in [0.29, 0.717) is 11.5 Å². The quantitative estimate of drug-likeness (QED) is 0.792. The van der Waals surface area contributed by atoms with Crippen LogP contribution in [0.4, 0.5) is 0 Å². The molecule has 2 aliphatic rings. The standard InChI is InChI=1S/C15H30N2/c1-5-17(11-12-7-6-8-12)13-9-10-15(2,3)14(13)16-4/h12-14,16H,5-11H2,1-4H3. The van der Waals surface area contributed by atoms with Crippen molar-refractivity contribution in [1.29, 1.82) is 0 Å². The Hall–Kier alpha value is -0.0800. The Labute approximate surface area is 107 Å². The van der Waals surface area contributed by atoms with Crippen molar-refractivity contribution >= 4 is 0 Å². The van der Waals surface area contributed by atoms with Gasteiger partial charge in [0.15, 0.2) is 0 Å². The lowest BCUT2D eigenvalue weighted by Gasteiger charge is -2.40. The molecule has 1 N–H and O–H groups in total. The minimum Gasteiger partial charge on any atom is -0.315 e. The topological polar surface area (TPSA) is 15.3 Å². The molecule has 0 aromatic carbocycles. The minimum atomic E-state index is 0.465. The van der Waals surface area contributed by atoms with Crippen molar-refractivity contribution in [1.82, 2.24) is 10.2 Å². The van der Waals surface area contributed by atoms with E-state index in [1.807, 2.05) is 0 Å². The van der Waals surface area contributed by atoms with Crippen LogP contribution in [0, 0.1) is 11.3 Å². The molecule has 0 bridgehead atoms. The van der Waals surface area contributed by atoms with Crippen molar-refractivity contribution in [2.75, 3.05) is 20.1 Å². The van der Waals surface area contributed by atoms with E-state index >= 15 is 0 Å². The maximum Gasteiger partial charge on any atom is 0.0271 e. The highest BCUT2D eigenvalue weighted by Crippen LogP contribution is 2.40. The zero-order valence-electron chi connectivity index (χ0n) is 12.1. The molecule has 2 fully saturated rings. The molecule has 0 aromatic rings. The van der Waals surface area contributed by atoms with Crippen molar-refractivity contribution in [2.24, 2.45) is 11.3 Å². The van der Waals surface area contributed by atoms with Gasteiger partial charge >= 0.3 is 0 Å². The lowest BCUT2D eigenvalue weighted by molar-refractivity contribution is 0.111. The van der Waals surface area contributed by atoms with Gasteiger partial charge in [-0.25, -0.2) is 0 Å². The second-order valence-electron chi connectivity index (χ2n) is 6.75. The Morgan fingerprint density at radius 1 is 1.24 bits per heavy atom. The zero-order valence-corrected chi connectivity index (χ0v) is 12.1. The van der Waals surface area contributed by atoms with Gasteiger partial charge in [0.05, 0.1) is 0 Å². The molecule has 2 heteroatoms. The first-order valence-electron chi connectivity index (χ1n) is 7.49. The largest absolute Gasteiger partial charge is 0.315 e. The van der Waals surface area contributed by atoms with E-state index in [0.717, 1.165) is 12.0 Å². The molecular weight excluding hydrogens is 208 g/mol. The fraction of sp³-hybridized carbons (Fsp3) is 1.00.